The lowest BCUT2D eigenvalue weighted by atomic mass is 10.1. The lowest BCUT2D eigenvalue weighted by Crippen LogP contribution is -2.44. The number of nitrogens with one attached hydrogen (secondary N) is 2. The van der Waals surface area contributed by atoms with E-state index in [1.807, 2.05) is 19.9 Å². The van der Waals surface area contributed by atoms with Gasteiger partial charge in [0.25, 0.3) is 0 Å². The smallest absolute Gasteiger partial charge is 0.236 e. The number of phenols is 1. The van der Waals surface area contributed by atoms with Crippen LogP contribution in [0.1, 0.15) is 39.3 Å². The van der Waals surface area contributed by atoms with Gasteiger partial charge in [0.2, 0.25) is 5.91 Å². The van der Waals surface area contributed by atoms with Crippen LogP contribution in [0, 0.1) is 5.92 Å². The third kappa shape index (κ3) is 5.30. The number of amides is 1. The van der Waals surface area contributed by atoms with E-state index < -0.39 is 0 Å². The topological polar surface area (TPSA) is 61.4 Å². The zero-order valence-electron chi connectivity index (χ0n) is 12.1. The van der Waals surface area contributed by atoms with E-state index in [1.165, 1.54) is 0 Å². The highest BCUT2D eigenvalue weighted by Crippen LogP contribution is 2.18. The van der Waals surface area contributed by atoms with Crippen molar-refractivity contribution < 1.29 is 9.90 Å². The van der Waals surface area contributed by atoms with Crippen molar-refractivity contribution in [2.24, 2.45) is 5.92 Å². The average molecular weight is 264 g/mol. The maximum atomic E-state index is 11.9. The molecule has 1 aromatic rings. The number of hydrogen-bond donors (Lipinski definition) is 3. The Bertz CT molecular complexity index is 418. The van der Waals surface area contributed by atoms with Gasteiger partial charge in [0, 0.05) is 12.6 Å². The Kier molecular flexibility index (Phi) is 5.83. The number of rotatable bonds is 6. The second-order valence-electron chi connectivity index (χ2n) is 5.34. The molecular weight excluding hydrogens is 240 g/mol. The highest BCUT2D eigenvalue weighted by molar-refractivity contribution is 5.81. The first-order chi connectivity index (χ1) is 8.90. The Morgan fingerprint density at radius 1 is 1.26 bits per heavy atom. The van der Waals surface area contributed by atoms with Gasteiger partial charge in [-0.3, -0.25) is 10.1 Å². The second-order valence-corrected chi connectivity index (χ2v) is 5.34. The van der Waals surface area contributed by atoms with E-state index in [1.54, 1.807) is 18.2 Å². The molecule has 0 saturated carbocycles. The predicted octanol–water partition coefficient (Wildman–Crippen LogP) is 2.20. The zero-order chi connectivity index (χ0) is 14.4. The van der Waals surface area contributed by atoms with Crippen LogP contribution in [0.25, 0.3) is 0 Å². The highest BCUT2D eigenvalue weighted by atomic mass is 16.3. The molecule has 0 aliphatic rings. The lowest BCUT2D eigenvalue weighted by molar-refractivity contribution is -0.123. The van der Waals surface area contributed by atoms with Gasteiger partial charge in [0.15, 0.2) is 0 Å². The Morgan fingerprint density at radius 2 is 1.95 bits per heavy atom. The first-order valence-electron chi connectivity index (χ1n) is 6.73. The highest BCUT2D eigenvalue weighted by Gasteiger charge is 2.16. The summed E-state index contributed by atoms with van der Waals surface area (Å²) in [6.07, 6.45) is 0. The molecule has 0 aromatic heterocycles. The van der Waals surface area contributed by atoms with E-state index in [4.69, 9.17) is 0 Å². The zero-order valence-corrected chi connectivity index (χ0v) is 12.1. The molecule has 0 saturated heterocycles. The molecule has 1 aromatic carbocycles. The number of phenolic OH excluding ortho intramolecular Hbond substituents is 1. The fraction of sp³-hybridized carbons (Fsp3) is 0.533. The van der Waals surface area contributed by atoms with E-state index in [9.17, 15) is 9.90 Å². The van der Waals surface area contributed by atoms with Crippen LogP contribution < -0.4 is 10.6 Å². The monoisotopic (exact) mass is 264 g/mol. The molecule has 0 fully saturated rings. The van der Waals surface area contributed by atoms with Gasteiger partial charge in [0.1, 0.15) is 5.75 Å². The van der Waals surface area contributed by atoms with Crippen molar-refractivity contribution in [3.05, 3.63) is 29.8 Å². The van der Waals surface area contributed by atoms with Gasteiger partial charge in [-0.2, -0.15) is 0 Å². The summed E-state index contributed by atoms with van der Waals surface area (Å²) in [6.45, 7) is 8.63. The fourth-order valence-electron chi connectivity index (χ4n) is 1.80. The quantitative estimate of drug-likeness (QED) is 0.738. The summed E-state index contributed by atoms with van der Waals surface area (Å²) in [7, 11) is 0. The lowest BCUT2D eigenvalue weighted by Gasteiger charge is -2.20. The van der Waals surface area contributed by atoms with Gasteiger partial charge in [0.05, 0.1) is 6.04 Å². The van der Waals surface area contributed by atoms with Gasteiger partial charge >= 0.3 is 0 Å². The second kappa shape index (κ2) is 7.14. The van der Waals surface area contributed by atoms with Gasteiger partial charge in [-0.25, -0.2) is 0 Å². The standard InChI is InChI=1S/C15H24N2O2/c1-10(2)9-16-15(19)12(4)17-11(3)13-6-5-7-14(18)8-13/h5-8,10-12,17-18H,9H2,1-4H3,(H,16,19). The first-order valence-corrected chi connectivity index (χ1v) is 6.73. The molecule has 1 rings (SSSR count). The number of carbonyl (C=O) groups excluding carboxylic acids is 1. The average Bonchev–Trinajstić information content (AvgIpc) is 2.35. The minimum Gasteiger partial charge on any atom is -0.508 e. The van der Waals surface area contributed by atoms with Crippen LogP contribution in [0.5, 0.6) is 5.75 Å². The maximum Gasteiger partial charge on any atom is 0.236 e. The normalized spacial score (nSPS) is 14.2. The minimum absolute atomic E-state index is 0.000651. The molecule has 1 amide bonds. The first kappa shape index (κ1) is 15.5. The Hall–Kier alpha value is -1.55. The molecule has 0 heterocycles. The fourth-order valence-corrected chi connectivity index (χ4v) is 1.80. The van der Waals surface area contributed by atoms with Crippen LogP contribution in [0.3, 0.4) is 0 Å². The third-order valence-corrected chi connectivity index (χ3v) is 2.95. The van der Waals surface area contributed by atoms with Crippen molar-refractivity contribution in [2.45, 2.75) is 39.8 Å². The number of carbonyl (C=O) groups is 1. The van der Waals surface area contributed by atoms with E-state index in [0.29, 0.717) is 12.5 Å². The summed E-state index contributed by atoms with van der Waals surface area (Å²) >= 11 is 0. The Labute approximate surface area is 115 Å². The van der Waals surface area contributed by atoms with E-state index in [0.717, 1.165) is 5.56 Å². The van der Waals surface area contributed by atoms with Gasteiger partial charge in [-0.1, -0.05) is 26.0 Å². The number of aromatic hydroxyl groups is 1. The molecule has 2 unspecified atom stereocenters. The molecule has 106 valence electrons. The van der Waals surface area contributed by atoms with Crippen molar-refractivity contribution in [1.82, 2.24) is 10.6 Å². The van der Waals surface area contributed by atoms with Gasteiger partial charge in [-0.15, -0.1) is 0 Å². The van der Waals surface area contributed by atoms with Crippen LogP contribution in [-0.2, 0) is 4.79 Å². The maximum absolute atomic E-state index is 11.9. The van der Waals surface area contributed by atoms with E-state index in [2.05, 4.69) is 24.5 Å². The van der Waals surface area contributed by atoms with Crippen LogP contribution in [0.4, 0.5) is 0 Å². The van der Waals surface area contributed by atoms with Gasteiger partial charge < -0.3 is 10.4 Å². The molecule has 2 atom stereocenters. The van der Waals surface area contributed by atoms with Crippen LogP contribution in [-0.4, -0.2) is 23.6 Å². The van der Waals surface area contributed by atoms with Crippen LogP contribution in [0.15, 0.2) is 24.3 Å². The minimum atomic E-state index is -0.268. The van der Waals surface area contributed by atoms with Gasteiger partial charge in [-0.05, 0) is 37.5 Å². The summed E-state index contributed by atoms with van der Waals surface area (Å²) in [4.78, 5) is 11.9. The molecule has 0 bridgehead atoms. The summed E-state index contributed by atoms with van der Waals surface area (Å²) in [6, 6.07) is 6.80. The molecule has 19 heavy (non-hydrogen) atoms. The molecule has 0 spiro atoms. The SMILES string of the molecule is CC(C)CNC(=O)C(C)NC(C)c1cccc(O)c1. The summed E-state index contributed by atoms with van der Waals surface area (Å²) in [5, 5.41) is 15.6. The molecule has 3 N–H and O–H groups in total. The molecule has 0 aliphatic heterocycles. The molecule has 0 aliphatic carbocycles. The Morgan fingerprint density at radius 3 is 2.53 bits per heavy atom. The molecule has 4 heteroatoms. The van der Waals surface area contributed by atoms with Crippen molar-refractivity contribution in [1.29, 1.82) is 0 Å². The summed E-state index contributed by atoms with van der Waals surface area (Å²) in [5.74, 6) is 0.684. The van der Waals surface area contributed by atoms with Crippen molar-refractivity contribution >= 4 is 5.91 Å². The predicted molar refractivity (Wildman–Crippen MR) is 77.0 cm³/mol. The van der Waals surface area contributed by atoms with Crippen LogP contribution >= 0.6 is 0 Å². The number of benzene rings is 1. The van der Waals surface area contributed by atoms with Crippen molar-refractivity contribution in [3.8, 4) is 5.75 Å². The Balaban J connectivity index is 2.51. The molecule has 0 radical (unpaired) electrons. The summed E-state index contributed by atoms with van der Waals surface area (Å²) in [5.41, 5.74) is 0.962. The number of hydrogen-bond acceptors (Lipinski definition) is 3. The van der Waals surface area contributed by atoms with Crippen LogP contribution in [0.2, 0.25) is 0 Å². The molecular formula is C15H24N2O2. The van der Waals surface area contributed by atoms with E-state index >= 15 is 0 Å². The van der Waals surface area contributed by atoms with Crippen molar-refractivity contribution in [3.63, 3.8) is 0 Å². The third-order valence-electron chi connectivity index (χ3n) is 2.95. The van der Waals surface area contributed by atoms with Crippen molar-refractivity contribution in [2.75, 3.05) is 6.54 Å². The molecule has 4 nitrogen and oxygen atoms in total. The largest absolute Gasteiger partial charge is 0.508 e. The summed E-state index contributed by atoms with van der Waals surface area (Å²) < 4.78 is 0. The van der Waals surface area contributed by atoms with E-state index in [-0.39, 0.29) is 23.7 Å².